The van der Waals surface area contributed by atoms with Gasteiger partial charge in [0.05, 0.1) is 0 Å². The van der Waals surface area contributed by atoms with Crippen molar-refractivity contribution >= 4 is 5.97 Å². The number of fused-ring (bicyclic) bond motifs is 1. The van der Waals surface area contributed by atoms with Crippen LogP contribution in [-0.2, 0) is 11.3 Å². The maximum atomic E-state index is 11.2. The van der Waals surface area contributed by atoms with E-state index < -0.39 is 12.0 Å². The number of aliphatic carboxylic acids is 1. The van der Waals surface area contributed by atoms with E-state index in [1.54, 1.807) is 0 Å². The van der Waals surface area contributed by atoms with Gasteiger partial charge in [0.15, 0.2) is 0 Å². The van der Waals surface area contributed by atoms with Crippen LogP contribution in [0.15, 0.2) is 24.3 Å². The first-order valence-electron chi connectivity index (χ1n) is 5.90. The maximum Gasteiger partial charge on any atom is 0.320 e. The van der Waals surface area contributed by atoms with Gasteiger partial charge in [-0.2, -0.15) is 0 Å². The van der Waals surface area contributed by atoms with Crippen molar-refractivity contribution in [1.29, 1.82) is 0 Å². The Kier molecular flexibility index (Phi) is 3.64. The van der Waals surface area contributed by atoms with E-state index in [-0.39, 0.29) is 0 Å². The van der Waals surface area contributed by atoms with Gasteiger partial charge in [0, 0.05) is 18.7 Å². The number of benzene rings is 1. The van der Waals surface area contributed by atoms with Crippen LogP contribution >= 0.6 is 0 Å². The van der Waals surface area contributed by atoms with Crippen molar-refractivity contribution in [3.05, 3.63) is 29.8 Å². The number of hydrogen-bond acceptors (Lipinski definition) is 3. The summed E-state index contributed by atoms with van der Waals surface area (Å²) < 4.78 is 5.62. The summed E-state index contributed by atoms with van der Waals surface area (Å²) in [5.41, 5.74) is 1.06. The van der Waals surface area contributed by atoms with Crippen molar-refractivity contribution in [2.75, 3.05) is 13.2 Å². The minimum atomic E-state index is -0.758. The van der Waals surface area contributed by atoms with E-state index in [1.807, 2.05) is 36.1 Å². The van der Waals surface area contributed by atoms with Gasteiger partial charge in [0.1, 0.15) is 18.4 Å². The molecule has 0 unspecified atom stereocenters. The molecule has 0 aromatic heterocycles. The molecule has 1 aliphatic rings. The Bertz CT molecular complexity index is 405. The third-order valence-corrected chi connectivity index (χ3v) is 3.09. The van der Waals surface area contributed by atoms with E-state index in [1.165, 1.54) is 0 Å². The number of carboxylic acid groups (broad SMARTS) is 1. The SMILES string of the molecule is CC[C@H](C(=O)O)N1CCOc2ccccc2C1. The molecule has 0 fully saturated rings. The van der Waals surface area contributed by atoms with Gasteiger partial charge in [-0.1, -0.05) is 25.1 Å². The Balaban J connectivity index is 2.20. The van der Waals surface area contributed by atoms with Crippen molar-refractivity contribution in [2.24, 2.45) is 0 Å². The number of hydrogen-bond donors (Lipinski definition) is 1. The number of nitrogens with zero attached hydrogens (tertiary/aromatic N) is 1. The van der Waals surface area contributed by atoms with Crippen LogP contribution in [0.25, 0.3) is 0 Å². The molecule has 4 nitrogen and oxygen atoms in total. The minimum absolute atomic E-state index is 0.426. The van der Waals surface area contributed by atoms with Gasteiger partial charge in [-0.3, -0.25) is 9.69 Å². The summed E-state index contributed by atoms with van der Waals surface area (Å²) in [4.78, 5) is 13.1. The summed E-state index contributed by atoms with van der Waals surface area (Å²) in [6, 6.07) is 7.38. The molecular formula is C13H17NO3. The van der Waals surface area contributed by atoms with Crippen LogP contribution < -0.4 is 4.74 Å². The van der Waals surface area contributed by atoms with Crippen molar-refractivity contribution in [3.8, 4) is 5.75 Å². The zero-order chi connectivity index (χ0) is 12.3. The lowest BCUT2D eigenvalue weighted by molar-refractivity contribution is -0.143. The molecule has 0 radical (unpaired) electrons. The van der Waals surface area contributed by atoms with Crippen LogP contribution in [0.3, 0.4) is 0 Å². The quantitative estimate of drug-likeness (QED) is 0.867. The molecule has 0 bridgehead atoms. The van der Waals surface area contributed by atoms with E-state index in [9.17, 15) is 9.90 Å². The molecular weight excluding hydrogens is 218 g/mol. The van der Waals surface area contributed by atoms with Gasteiger partial charge in [0.2, 0.25) is 0 Å². The van der Waals surface area contributed by atoms with Crippen molar-refractivity contribution in [2.45, 2.75) is 25.9 Å². The summed E-state index contributed by atoms with van der Waals surface area (Å²) >= 11 is 0. The summed E-state index contributed by atoms with van der Waals surface area (Å²) in [6.45, 7) is 3.73. The monoisotopic (exact) mass is 235 g/mol. The number of para-hydroxylation sites is 1. The van der Waals surface area contributed by atoms with Crippen LogP contribution in [0.5, 0.6) is 5.75 Å². The molecule has 1 N–H and O–H groups in total. The molecule has 1 aromatic carbocycles. The molecule has 92 valence electrons. The van der Waals surface area contributed by atoms with Crippen LogP contribution in [0.4, 0.5) is 0 Å². The minimum Gasteiger partial charge on any atom is -0.492 e. The smallest absolute Gasteiger partial charge is 0.320 e. The fraction of sp³-hybridized carbons (Fsp3) is 0.462. The van der Waals surface area contributed by atoms with Gasteiger partial charge >= 0.3 is 5.97 Å². The second kappa shape index (κ2) is 5.19. The van der Waals surface area contributed by atoms with Gasteiger partial charge in [-0.15, -0.1) is 0 Å². The molecule has 0 saturated carbocycles. The molecule has 0 aliphatic carbocycles. The van der Waals surface area contributed by atoms with E-state index >= 15 is 0 Å². The van der Waals surface area contributed by atoms with Crippen LogP contribution in [0.2, 0.25) is 0 Å². The normalized spacial score (nSPS) is 17.7. The molecule has 1 heterocycles. The Morgan fingerprint density at radius 2 is 2.29 bits per heavy atom. The zero-order valence-electron chi connectivity index (χ0n) is 9.93. The molecule has 0 saturated heterocycles. The molecule has 0 spiro atoms. The Hall–Kier alpha value is -1.55. The van der Waals surface area contributed by atoms with Crippen LogP contribution in [-0.4, -0.2) is 35.2 Å². The Morgan fingerprint density at radius 1 is 1.53 bits per heavy atom. The van der Waals surface area contributed by atoms with Gasteiger partial charge in [-0.05, 0) is 12.5 Å². The standard InChI is InChI=1S/C13H17NO3/c1-2-11(13(15)16)14-7-8-17-12-6-4-3-5-10(12)9-14/h3-6,11H,2,7-9H2,1H3,(H,15,16)/t11-/m1/s1. The zero-order valence-corrected chi connectivity index (χ0v) is 9.93. The molecule has 4 heteroatoms. The Morgan fingerprint density at radius 3 is 3.00 bits per heavy atom. The second-order valence-corrected chi connectivity index (χ2v) is 4.19. The summed E-state index contributed by atoms with van der Waals surface area (Å²) in [7, 11) is 0. The average molecular weight is 235 g/mol. The summed E-state index contributed by atoms with van der Waals surface area (Å²) in [5.74, 6) is 0.113. The lowest BCUT2D eigenvalue weighted by Gasteiger charge is -2.25. The molecule has 1 aliphatic heterocycles. The predicted octanol–water partition coefficient (Wildman–Crippen LogP) is 1.74. The van der Waals surface area contributed by atoms with Crippen LogP contribution in [0.1, 0.15) is 18.9 Å². The van der Waals surface area contributed by atoms with Gasteiger partial charge in [-0.25, -0.2) is 0 Å². The highest BCUT2D eigenvalue weighted by molar-refractivity contribution is 5.73. The van der Waals surface area contributed by atoms with E-state index in [4.69, 9.17) is 4.74 Å². The van der Waals surface area contributed by atoms with Crippen molar-refractivity contribution in [3.63, 3.8) is 0 Å². The lowest BCUT2D eigenvalue weighted by Crippen LogP contribution is -2.41. The van der Waals surface area contributed by atoms with Crippen molar-refractivity contribution < 1.29 is 14.6 Å². The topological polar surface area (TPSA) is 49.8 Å². The summed E-state index contributed by atoms with van der Waals surface area (Å²) in [5, 5.41) is 9.18. The highest BCUT2D eigenvalue weighted by Crippen LogP contribution is 2.24. The van der Waals surface area contributed by atoms with E-state index in [0.29, 0.717) is 26.1 Å². The number of carbonyl (C=O) groups is 1. The Labute approximate surface area is 101 Å². The molecule has 17 heavy (non-hydrogen) atoms. The number of carboxylic acids is 1. The fourth-order valence-electron chi connectivity index (χ4n) is 2.20. The number of rotatable bonds is 3. The first-order valence-corrected chi connectivity index (χ1v) is 5.90. The second-order valence-electron chi connectivity index (χ2n) is 4.19. The maximum absolute atomic E-state index is 11.2. The number of ether oxygens (including phenoxy) is 1. The average Bonchev–Trinajstić information content (AvgIpc) is 2.51. The van der Waals surface area contributed by atoms with E-state index in [2.05, 4.69) is 0 Å². The first-order chi connectivity index (χ1) is 8.22. The fourth-order valence-corrected chi connectivity index (χ4v) is 2.20. The largest absolute Gasteiger partial charge is 0.492 e. The third kappa shape index (κ3) is 2.58. The van der Waals surface area contributed by atoms with Gasteiger partial charge < -0.3 is 9.84 Å². The predicted molar refractivity (Wildman–Crippen MR) is 64.1 cm³/mol. The highest BCUT2D eigenvalue weighted by atomic mass is 16.5. The summed E-state index contributed by atoms with van der Waals surface area (Å²) in [6.07, 6.45) is 0.609. The highest BCUT2D eigenvalue weighted by Gasteiger charge is 2.26. The van der Waals surface area contributed by atoms with E-state index in [0.717, 1.165) is 11.3 Å². The lowest BCUT2D eigenvalue weighted by atomic mass is 10.1. The first kappa shape index (κ1) is 11.9. The molecule has 1 atom stereocenters. The van der Waals surface area contributed by atoms with Crippen molar-refractivity contribution in [1.82, 2.24) is 4.90 Å². The third-order valence-electron chi connectivity index (χ3n) is 3.09. The molecule has 1 aromatic rings. The molecule has 0 amide bonds. The van der Waals surface area contributed by atoms with Gasteiger partial charge in [0.25, 0.3) is 0 Å². The van der Waals surface area contributed by atoms with Crippen LogP contribution in [0, 0.1) is 0 Å². The molecule has 2 rings (SSSR count).